The van der Waals surface area contributed by atoms with E-state index in [0.29, 0.717) is 17.8 Å². The molecule has 1 heterocycles. The lowest BCUT2D eigenvalue weighted by Gasteiger charge is -2.12. The summed E-state index contributed by atoms with van der Waals surface area (Å²) in [5, 5.41) is 16.8. The van der Waals surface area contributed by atoms with Gasteiger partial charge in [-0.3, -0.25) is 4.68 Å². The lowest BCUT2D eigenvalue weighted by atomic mass is 10.1. The Bertz CT molecular complexity index is 637. The van der Waals surface area contributed by atoms with Crippen molar-refractivity contribution in [1.29, 1.82) is 0 Å². The Morgan fingerprint density at radius 3 is 2.80 bits per heavy atom. The Hall–Kier alpha value is -1.95. The number of nitrogens with one attached hydrogen (secondary N) is 1. The maximum atomic E-state index is 11.4. The summed E-state index contributed by atoms with van der Waals surface area (Å²) >= 11 is 1.43. The van der Waals surface area contributed by atoms with Crippen molar-refractivity contribution < 1.29 is 9.90 Å². The third-order valence-electron chi connectivity index (χ3n) is 3.04. The number of benzene rings is 1. The summed E-state index contributed by atoms with van der Waals surface area (Å²) in [6, 6.07) is 5.46. The zero-order valence-corrected chi connectivity index (χ0v) is 12.5. The van der Waals surface area contributed by atoms with E-state index in [4.69, 9.17) is 0 Å². The SMILES string of the molecule is CSc1cccc(NCc2cn(C)nc2C)c1C(=O)O. The van der Waals surface area contributed by atoms with Crippen LogP contribution < -0.4 is 5.32 Å². The van der Waals surface area contributed by atoms with Crippen LogP contribution in [0.4, 0.5) is 5.69 Å². The van der Waals surface area contributed by atoms with E-state index in [1.165, 1.54) is 11.8 Å². The first-order valence-electron chi connectivity index (χ1n) is 6.16. The highest BCUT2D eigenvalue weighted by Gasteiger charge is 2.15. The smallest absolute Gasteiger partial charge is 0.338 e. The van der Waals surface area contributed by atoms with E-state index < -0.39 is 5.97 Å². The zero-order valence-electron chi connectivity index (χ0n) is 11.7. The number of nitrogens with zero attached hydrogens (tertiary/aromatic N) is 2. The van der Waals surface area contributed by atoms with Gasteiger partial charge in [0.25, 0.3) is 0 Å². The molecule has 2 aromatic rings. The topological polar surface area (TPSA) is 67.2 Å². The van der Waals surface area contributed by atoms with E-state index in [9.17, 15) is 9.90 Å². The molecule has 0 fully saturated rings. The molecule has 20 heavy (non-hydrogen) atoms. The van der Waals surface area contributed by atoms with Gasteiger partial charge in [-0.25, -0.2) is 4.79 Å². The molecule has 0 radical (unpaired) electrons. The molecular formula is C14H17N3O2S. The number of aromatic nitrogens is 2. The summed E-state index contributed by atoms with van der Waals surface area (Å²) in [4.78, 5) is 12.2. The Balaban J connectivity index is 2.25. The normalized spacial score (nSPS) is 10.6. The molecule has 5 nitrogen and oxygen atoms in total. The van der Waals surface area contributed by atoms with E-state index >= 15 is 0 Å². The summed E-state index contributed by atoms with van der Waals surface area (Å²) in [6.07, 6.45) is 3.80. The Morgan fingerprint density at radius 2 is 2.25 bits per heavy atom. The number of rotatable bonds is 5. The molecule has 0 bridgehead atoms. The van der Waals surface area contributed by atoms with Crippen LogP contribution in [0.5, 0.6) is 0 Å². The first kappa shape index (κ1) is 14.5. The molecule has 0 aliphatic heterocycles. The van der Waals surface area contributed by atoms with Gasteiger partial charge >= 0.3 is 5.97 Å². The summed E-state index contributed by atoms with van der Waals surface area (Å²) in [6.45, 7) is 2.49. The molecule has 0 spiro atoms. The molecule has 0 aliphatic carbocycles. The molecule has 6 heteroatoms. The Morgan fingerprint density at radius 1 is 1.50 bits per heavy atom. The highest BCUT2D eigenvalue weighted by molar-refractivity contribution is 7.98. The van der Waals surface area contributed by atoms with Crippen LogP contribution in [-0.4, -0.2) is 27.1 Å². The van der Waals surface area contributed by atoms with Crippen LogP contribution in [0.1, 0.15) is 21.6 Å². The molecule has 2 rings (SSSR count). The molecule has 0 amide bonds. The van der Waals surface area contributed by atoms with Crippen molar-refractivity contribution >= 4 is 23.4 Å². The third kappa shape index (κ3) is 2.96. The van der Waals surface area contributed by atoms with Crippen molar-refractivity contribution in [3.63, 3.8) is 0 Å². The van der Waals surface area contributed by atoms with Gasteiger partial charge in [0, 0.05) is 30.2 Å². The monoisotopic (exact) mass is 291 g/mol. The molecule has 0 saturated heterocycles. The second-order valence-electron chi connectivity index (χ2n) is 4.45. The maximum Gasteiger partial charge on any atom is 0.338 e. The Kier molecular flexibility index (Phi) is 4.34. The highest BCUT2D eigenvalue weighted by atomic mass is 32.2. The standard InChI is InChI=1S/C14H17N3O2S/c1-9-10(8-17(2)16-9)7-15-11-5-4-6-12(20-3)13(11)14(18)19/h4-6,8,15H,7H2,1-3H3,(H,18,19). The van der Waals surface area contributed by atoms with Crippen LogP contribution in [0.15, 0.2) is 29.3 Å². The number of aryl methyl sites for hydroxylation is 2. The van der Waals surface area contributed by atoms with Gasteiger partial charge in [0.15, 0.2) is 0 Å². The fraction of sp³-hybridized carbons (Fsp3) is 0.286. The van der Waals surface area contributed by atoms with Gasteiger partial charge in [-0.15, -0.1) is 11.8 Å². The number of aromatic carboxylic acids is 1. The minimum absolute atomic E-state index is 0.321. The average molecular weight is 291 g/mol. The van der Waals surface area contributed by atoms with E-state index in [0.717, 1.165) is 16.2 Å². The van der Waals surface area contributed by atoms with Gasteiger partial charge in [0.2, 0.25) is 0 Å². The highest BCUT2D eigenvalue weighted by Crippen LogP contribution is 2.27. The van der Waals surface area contributed by atoms with Crippen molar-refractivity contribution in [2.24, 2.45) is 7.05 Å². The fourth-order valence-electron chi connectivity index (χ4n) is 2.08. The van der Waals surface area contributed by atoms with Gasteiger partial charge in [-0.1, -0.05) is 6.07 Å². The predicted octanol–water partition coefficient (Wildman–Crippen LogP) is 2.76. The van der Waals surface area contributed by atoms with Crippen molar-refractivity contribution in [1.82, 2.24) is 9.78 Å². The minimum atomic E-state index is -0.916. The number of carbonyl (C=O) groups is 1. The first-order valence-corrected chi connectivity index (χ1v) is 7.38. The molecule has 1 aromatic carbocycles. The number of thioether (sulfide) groups is 1. The van der Waals surface area contributed by atoms with E-state index in [2.05, 4.69) is 10.4 Å². The molecular weight excluding hydrogens is 274 g/mol. The van der Waals surface area contributed by atoms with Crippen LogP contribution in [-0.2, 0) is 13.6 Å². The molecule has 0 saturated carbocycles. The average Bonchev–Trinajstić information content (AvgIpc) is 2.73. The largest absolute Gasteiger partial charge is 0.478 e. The van der Waals surface area contributed by atoms with Gasteiger partial charge in [0.05, 0.1) is 16.9 Å². The van der Waals surface area contributed by atoms with Crippen molar-refractivity contribution in [2.75, 3.05) is 11.6 Å². The van der Waals surface area contributed by atoms with Crippen LogP contribution in [0.2, 0.25) is 0 Å². The Labute approximate surface area is 122 Å². The molecule has 106 valence electrons. The van der Waals surface area contributed by atoms with E-state index in [1.807, 2.05) is 38.6 Å². The van der Waals surface area contributed by atoms with E-state index in [1.54, 1.807) is 10.7 Å². The minimum Gasteiger partial charge on any atom is -0.478 e. The second kappa shape index (κ2) is 6.00. The molecule has 0 aliphatic rings. The molecule has 0 unspecified atom stereocenters. The predicted molar refractivity (Wildman–Crippen MR) is 80.5 cm³/mol. The van der Waals surface area contributed by atoms with Crippen LogP contribution in [0.25, 0.3) is 0 Å². The summed E-state index contributed by atoms with van der Waals surface area (Å²) in [7, 11) is 1.87. The quantitative estimate of drug-likeness (QED) is 0.829. The lowest BCUT2D eigenvalue weighted by molar-refractivity contribution is 0.0694. The summed E-state index contributed by atoms with van der Waals surface area (Å²) in [5.74, 6) is -0.916. The van der Waals surface area contributed by atoms with E-state index in [-0.39, 0.29) is 0 Å². The van der Waals surface area contributed by atoms with Crippen LogP contribution in [0, 0.1) is 6.92 Å². The molecule has 2 N–H and O–H groups in total. The van der Waals surface area contributed by atoms with Gasteiger partial charge in [-0.2, -0.15) is 5.10 Å². The zero-order chi connectivity index (χ0) is 14.7. The number of hydrogen-bond donors (Lipinski definition) is 2. The van der Waals surface area contributed by atoms with Crippen molar-refractivity contribution in [3.8, 4) is 0 Å². The van der Waals surface area contributed by atoms with Crippen molar-refractivity contribution in [3.05, 3.63) is 41.2 Å². The summed E-state index contributed by atoms with van der Waals surface area (Å²) in [5.41, 5.74) is 2.95. The number of carboxylic acid groups (broad SMARTS) is 1. The van der Waals surface area contributed by atoms with Gasteiger partial charge in [-0.05, 0) is 25.3 Å². The molecule has 1 aromatic heterocycles. The van der Waals surface area contributed by atoms with Crippen LogP contribution in [0.3, 0.4) is 0 Å². The fourth-order valence-corrected chi connectivity index (χ4v) is 2.70. The summed E-state index contributed by atoms with van der Waals surface area (Å²) < 4.78 is 1.75. The van der Waals surface area contributed by atoms with Gasteiger partial charge < -0.3 is 10.4 Å². The maximum absolute atomic E-state index is 11.4. The first-order chi connectivity index (χ1) is 9.52. The van der Waals surface area contributed by atoms with Gasteiger partial charge in [0.1, 0.15) is 0 Å². The van der Waals surface area contributed by atoms with Crippen LogP contribution >= 0.6 is 11.8 Å². The number of anilines is 1. The number of carboxylic acids is 1. The second-order valence-corrected chi connectivity index (χ2v) is 5.30. The molecule has 0 atom stereocenters. The number of hydrogen-bond acceptors (Lipinski definition) is 4. The lowest BCUT2D eigenvalue weighted by Crippen LogP contribution is -2.08. The van der Waals surface area contributed by atoms with Crippen molar-refractivity contribution in [2.45, 2.75) is 18.4 Å². The third-order valence-corrected chi connectivity index (χ3v) is 3.82.